The van der Waals surface area contributed by atoms with Crippen LogP contribution in [-0.2, 0) is 19.1 Å². The number of hydrogen-bond donors (Lipinski definition) is 0. The molecule has 5 rings (SSSR count). The second-order valence-corrected chi connectivity index (χ2v) is 9.38. The molecule has 2 atom stereocenters. The molecule has 2 aromatic heterocycles. The van der Waals surface area contributed by atoms with Gasteiger partial charge in [-0.25, -0.2) is 9.07 Å². The molecule has 0 amide bonds. The van der Waals surface area contributed by atoms with E-state index in [0.29, 0.717) is 23.5 Å². The molecule has 2 bridgehead atoms. The van der Waals surface area contributed by atoms with Crippen LogP contribution in [0.25, 0.3) is 0 Å². The Kier molecular flexibility index (Phi) is 6.48. The van der Waals surface area contributed by atoms with Crippen molar-refractivity contribution in [2.45, 2.75) is 38.2 Å². The smallest absolute Gasteiger partial charge is 0.421 e. The van der Waals surface area contributed by atoms with Crippen LogP contribution in [0.4, 0.5) is 36.4 Å². The summed E-state index contributed by atoms with van der Waals surface area (Å²) in [7, 11) is 0. The van der Waals surface area contributed by atoms with Crippen molar-refractivity contribution in [3.8, 4) is 11.8 Å². The van der Waals surface area contributed by atoms with Gasteiger partial charge >= 0.3 is 18.4 Å². The van der Waals surface area contributed by atoms with Gasteiger partial charge in [0.2, 0.25) is 0 Å². The Hall–Kier alpha value is -3.38. The quantitative estimate of drug-likeness (QED) is 0.373. The van der Waals surface area contributed by atoms with Crippen molar-refractivity contribution >= 4 is 5.69 Å². The van der Waals surface area contributed by atoms with E-state index in [-0.39, 0.29) is 35.7 Å². The molecule has 6 nitrogen and oxygen atoms in total. The number of hydrogen-bond acceptors (Lipinski definition) is 5. The van der Waals surface area contributed by atoms with Crippen molar-refractivity contribution in [1.29, 1.82) is 0 Å². The van der Waals surface area contributed by atoms with Gasteiger partial charge in [-0.05, 0) is 54.9 Å². The lowest BCUT2D eigenvalue weighted by molar-refractivity contribution is -0.143. The highest BCUT2D eigenvalue weighted by molar-refractivity contribution is 5.48. The first-order valence-electron chi connectivity index (χ1n) is 11.7. The molecule has 0 spiro atoms. The van der Waals surface area contributed by atoms with Crippen LogP contribution in [-0.4, -0.2) is 39.0 Å². The number of pyridine rings is 1. The van der Waals surface area contributed by atoms with Crippen LogP contribution in [0.2, 0.25) is 0 Å². The van der Waals surface area contributed by atoms with Gasteiger partial charge in [0.1, 0.15) is 12.2 Å². The van der Waals surface area contributed by atoms with Crippen molar-refractivity contribution in [2.24, 2.45) is 17.8 Å². The zero-order valence-electron chi connectivity index (χ0n) is 19.3. The van der Waals surface area contributed by atoms with Crippen LogP contribution < -0.4 is 9.64 Å². The number of piperidine rings is 1. The maximum absolute atomic E-state index is 14.0. The Balaban J connectivity index is 1.34. The molecule has 1 saturated carbocycles. The van der Waals surface area contributed by atoms with Crippen LogP contribution in [0.15, 0.2) is 42.6 Å². The maximum atomic E-state index is 14.0. The summed E-state index contributed by atoms with van der Waals surface area (Å²) in [6, 6.07) is 7.42. The van der Waals surface area contributed by atoms with Crippen molar-refractivity contribution in [3.05, 3.63) is 59.9 Å². The predicted octanol–water partition coefficient (Wildman–Crippen LogP) is 5.89. The summed E-state index contributed by atoms with van der Waals surface area (Å²) in [5, 5.41) is 4.02. The zero-order valence-corrected chi connectivity index (χ0v) is 19.3. The third-order valence-electron chi connectivity index (χ3n) is 6.90. The summed E-state index contributed by atoms with van der Waals surface area (Å²) < 4.78 is 98.7. The molecule has 13 heteroatoms. The number of alkyl halides is 6. The standard InChI is InChI=1S/C24H22F7N5O/c25-18-3-1-2-4-19(18)37-22-33-21(34-36(22)13-23(26,27)28)10-17-14-5-6-15(17)12-35(11-14)16-7-8-32-20(9-16)24(29,30)31/h1-4,7-9,14-15,17H,5-6,10-13H2. The fourth-order valence-electron chi connectivity index (χ4n) is 5.29. The number of benzene rings is 1. The van der Waals surface area contributed by atoms with E-state index in [4.69, 9.17) is 4.74 Å². The third kappa shape index (κ3) is 5.64. The minimum atomic E-state index is -4.59. The van der Waals surface area contributed by atoms with Crippen molar-refractivity contribution < 1.29 is 35.5 Å². The molecular formula is C24H22F7N5O. The third-order valence-corrected chi connectivity index (χ3v) is 6.90. The Morgan fingerprint density at radius 2 is 1.68 bits per heavy atom. The summed E-state index contributed by atoms with van der Waals surface area (Å²) in [5.41, 5.74) is -0.521. The number of halogens is 7. The van der Waals surface area contributed by atoms with E-state index < -0.39 is 36.4 Å². The molecule has 3 aromatic rings. The van der Waals surface area contributed by atoms with Gasteiger partial charge in [-0.2, -0.15) is 36.4 Å². The average molecular weight is 529 g/mol. The normalized spacial score (nSPS) is 21.9. The first-order chi connectivity index (χ1) is 17.5. The summed E-state index contributed by atoms with van der Waals surface area (Å²) in [4.78, 5) is 9.47. The van der Waals surface area contributed by atoms with E-state index in [1.807, 2.05) is 4.90 Å². The zero-order chi connectivity index (χ0) is 26.4. The lowest BCUT2D eigenvalue weighted by Crippen LogP contribution is -2.43. The molecule has 198 valence electrons. The fraction of sp³-hybridized carbons (Fsp3) is 0.458. The van der Waals surface area contributed by atoms with Gasteiger partial charge in [0, 0.05) is 31.4 Å². The number of nitrogens with zero attached hydrogens (tertiary/aromatic N) is 5. The predicted molar refractivity (Wildman–Crippen MR) is 117 cm³/mol. The minimum absolute atomic E-state index is 0.0446. The summed E-state index contributed by atoms with van der Waals surface area (Å²) >= 11 is 0. The largest absolute Gasteiger partial charge is 0.433 e. The lowest BCUT2D eigenvalue weighted by Gasteiger charge is -2.39. The molecule has 0 N–H and O–H groups in total. The molecular weight excluding hydrogens is 507 g/mol. The van der Waals surface area contributed by atoms with Gasteiger partial charge in [-0.15, -0.1) is 0 Å². The second-order valence-electron chi connectivity index (χ2n) is 9.38. The van der Waals surface area contributed by atoms with E-state index in [1.165, 1.54) is 18.2 Å². The van der Waals surface area contributed by atoms with Crippen LogP contribution in [0.1, 0.15) is 24.4 Å². The molecule has 1 aliphatic heterocycles. The Bertz CT molecular complexity index is 1240. The van der Waals surface area contributed by atoms with Gasteiger partial charge in [-0.3, -0.25) is 4.98 Å². The molecule has 1 aromatic carbocycles. The highest BCUT2D eigenvalue weighted by atomic mass is 19.4. The molecule has 2 unspecified atom stereocenters. The first kappa shape index (κ1) is 25.3. The van der Waals surface area contributed by atoms with Crippen molar-refractivity contribution in [1.82, 2.24) is 19.7 Å². The van der Waals surface area contributed by atoms with Gasteiger partial charge in [0.25, 0.3) is 0 Å². The molecule has 2 aliphatic rings. The topological polar surface area (TPSA) is 56.1 Å². The fourth-order valence-corrected chi connectivity index (χ4v) is 5.29. The molecule has 3 heterocycles. The SMILES string of the molecule is Fc1ccccc1Oc1nc(CC2C3CCC2CN(c2ccnc(C(F)(F)F)c2)C3)nn1CC(F)(F)F. The lowest BCUT2D eigenvalue weighted by atomic mass is 9.82. The molecule has 1 saturated heterocycles. The van der Waals surface area contributed by atoms with Crippen LogP contribution in [0.5, 0.6) is 11.8 Å². The number of anilines is 1. The van der Waals surface area contributed by atoms with Crippen molar-refractivity contribution in [3.63, 3.8) is 0 Å². The summed E-state index contributed by atoms with van der Waals surface area (Å²) in [6.45, 7) is -0.437. The highest BCUT2D eigenvalue weighted by Gasteiger charge is 2.43. The van der Waals surface area contributed by atoms with E-state index in [9.17, 15) is 30.7 Å². The van der Waals surface area contributed by atoms with E-state index in [1.54, 1.807) is 6.07 Å². The molecule has 2 fully saturated rings. The van der Waals surface area contributed by atoms with Crippen LogP contribution in [0.3, 0.4) is 0 Å². The Morgan fingerprint density at radius 3 is 2.32 bits per heavy atom. The van der Waals surface area contributed by atoms with Gasteiger partial charge in [0.05, 0.1) is 0 Å². The number of rotatable bonds is 6. The van der Waals surface area contributed by atoms with E-state index in [0.717, 1.165) is 31.2 Å². The molecule has 37 heavy (non-hydrogen) atoms. The van der Waals surface area contributed by atoms with Gasteiger partial charge in [0.15, 0.2) is 17.4 Å². The van der Waals surface area contributed by atoms with E-state index in [2.05, 4.69) is 15.1 Å². The van der Waals surface area contributed by atoms with Crippen LogP contribution >= 0.6 is 0 Å². The maximum Gasteiger partial charge on any atom is 0.433 e. The monoisotopic (exact) mass is 529 g/mol. The molecule has 0 radical (unpaired) electrons. The van der Waals surface area contributed by atoms with Gasteiger partial charge in [-0.1, -0.05) is 12.1 Å². The molecule has 1 aliphatic carbocycles. The number of fused-ring (bicyclic) bond motifs is 2. The summed E-state index contributed by atoms with van der Waals surface area (Å²) in [5.74, 6) is -0.620. The average Bonchev–Trinajstić information content (AvgIpc) is 3.27. The number of aromatic nitrogens is 4. The van der Waals surface area contributed by atoms with Crippen LogP contribution in [0, 0.1) is 23.6 Å². The second kappa shape index (κ2) is 9.49. The van der Waals surface area contributed by atoms with Gasteiger partial charge < -0.3 is 9.64 Å². The highest BCUT2D eigenvalue weighted by Crippen LogP contribution is 2.45. The summed E-state index contributed by atoms with van der Waals surface area (Å²) in [6.07, 6.45) is -6.04. The number of ether oxygens (including phenoxy) is 1. The Labute approximate surface area is 207 Å². The van der Waals surface area contributed by atoms with Crippen molar-refractivity contribution in [2.75, 3.05) is 18.0 Å². The first-order valence-corrected chi connectivity index (χ1v) is 11.7. The Morgan fingerprint density at radius 1 is 0.973 bits per heavy atom. The van der Waals surface area contributed by atoms with E-state index >= 15 is 0 Å². The minimum Gasteiger partial charge on any atom is -0.421 e. The number of para-hydroxylation sites is 1.